The summed E-state index contributed by atoms with van der Waals surface area (Å²) in [7, 11) is 0. The fourth-order valence-electron chi connectivity index (χ4n) is 8.71. The van der Waals surface area contributed by atoms with Gasteiger partial charge in [0.1, 0.15) is 73.8 Å². The predicted molar refractivity (Wildman–Crippen MR) is 231 cm³/mol. The molecule has 5 rings (SSSR count). The molecule has 0 spiro atoms. The van der Waals surface area contributed by atoms with Gasteiger partial charge in [-0.3, -0.25) is 19.2 Å². The summed E-state index contributed by atoms with van der Waals surface area (Å²) in [6.07, 6.45) is -22.2. The lowest BCUT2D eigenvalue weighted by atomic mass is 9.72. The Morgan fingerprint density at radius 2 is 1.17 bits per heavy atom. The van der Waals surface area contributed by atoms with Crippen molar-refractivity contribution in [3.63, 3.8) is 0 Å². The molecule has 11 N–H and O–H groups in total. The molecule has 0 aliphatic carbocycles. The Labute approximate surface area is 398 Å². The van der Waals surface area contributed by atoms with Crippen LogP contribution in [0.5, 0.6) is 0 Å². The molecule has 0 saturated carbocycles. The zero-order valence-electron chi connectivity index (χ0n) is 38.6. The van der Waals surface area contributed by atoms with Crippen molar-refractivity contribution in [2.24, 2.45) is 5.41 Å². The van der Waals surface area contributed by atoms with Gasteiger partial charge in [0.15, 0.2) is 12.6 Å². The molecule has 2 amide bonds. The first-order chi connectivity index (χ1) is 32.9. The molecule has 4 heterocycles. The van der Waals surface area contributed by atoms with Crippen LogP contribution in [-0.4, -0.2) is 234 Å². The highest BCUT2D eigenvalue weighted by Crippen LogP contribution is 2.41. The smallest absolute Gasteiger partial charge is 0.308 e. The van der Waals surface area contributed by atoms with E-state index in [1.54, 1.807) is 4.90 Å². The third kappa shape index (κ3) is 15.5. The molecule has 1 aromatic carbocycles. The molecule has 4 aliphatic rings. The van der Waals surface area contributed by atoms with E-state index >= 15 is 0 Å². The number of piperidine rings is 1. The van der Waals surface area contributed by atoms with Crippen LogP contribution in [0.2, 0.25) is 0 Å². The molecule has 392 valence electrons. The maximum atomic E-state index is 14.2. The molecule has 15 atom stereocenters. The number of carbonyl (C=O) groups is 4. The number of nitrogens with zero attached hydrogens (tertiary/aromatic N) is 2. The van der Waals surface area contributed by atoms with Crippen molar-refractivity contribution in [1.29, 1.82) is 0 Å². The summed E-state index contributed by atoms with van der Waals surface area (Å²) >= 11 is 0. The SMILES string of the molecule is C[C@@H]1O[C@@H](OC(=O)CC2(CCC(=O)N(CCO[C@H]3O[C@H](CO)[C@@H](O)[C@H](O)[C@@H]3O)CCO[C@H]3O[C@H](CO)[C@@H](O)[C@H](O)[C@@H]3O)CCN(C(=O)CCCCC(=O)OCc3ccccc3)CC2)[C@@H](O)[C@H](O)[C@@H]1O. The van der Waals surface area contributed by atoms with Gasteiger partial charge in [-0.1, -0.05) is 30.3 Å². The van der Waals surface area contributed by atoms with Gasteiger partial charge in [-0.15, -0.1) is 0 Å². The van der Waals surface area contributed by atoms with Gasteiger partial charge in [0, 0.05) is 45.4 Å². The highest BCUT2D eigenvalue weighted by Gasteiger charge is 2.47. The van der Waals surface area contributed by atoms with Crippen LogP contribution in [0.4, 0.5) is 0 Å². The van der Waals surface area contributed by atoms with Crippen molar-refractivity contribution in [3.05, 3.63) is 35.9 Å². The zero-order chi connectivity index (χ0) is 50.4. The number of aliphatic hydroxyl groups excluding tert-OH is 11. The monoisotopic (exact) mass is 990 g/mol. The quantitative estimate of drug-likeness (QED) is 0.0367. The van der Waals surface area contributed by atoms with Crippen molar-refractivity contribution in [2.75, 3.05) is 52.6 Å². The molecule has 24 heteroatoms. The minimum absolute atomic E-state index is 0.0531. The van der Waals surface area contributed by atoms with E-state index in [0.717, 1.165) is 5.56 Å². The maximum Gasteiger partial charge on any atom is 0.308 e. The number of esters is 2. The molecule has 4 aliphatic heterocycles. The van der Waals surface area contributed by atoms with Crippen LogP contribution in [0.25, 0.3) is 0 Å². The normalized spacial score (nSPS) is 33.6. The maximum absolute atomic E-state index is 14.2. The number of hydrogen-bond donors (Lipinski definition) is 11. The standard InChI is InChI=1S/C45H70N2O22/c1-25-33(54)36(57)41(62)44(66-25)69-32(53)21-45(13-15-46(16-14-45)29(50)9-5-6-10-31(52)65-24-26-7-3-2-4-8-26)12-11-30(51)47(17-19-63-42-39(60)37(58)34(55)27(22-48)67-42)18-20-64-43-40(61)38(59)35(56)28(23-49)68-43/h2-4,7-8,25,27-28,33-44,48-49,54-62H,5-6,9-24H2,1H3/t25-,27+,28+,33+,34+,35+,36+,37-,38-,39-,40-,41-,42-,43-,44-/m0/s1. The summed E-state index contributed by atoms with van der Waals surface area (Å²) in [5, 5.41) is 112. The van der Waals surface area contributed by atoms with Gasteiger partial charge in [0.25, 0.3) is 0 Å². The topological polar surface area (TPSA) is 362 Å². The van der Waals surface area contributed by atoms with E-state index in [1.165, 1.54) is 11.8 Å². The lowest BCUT2D eigenvalue weighted by Crippen LogP contribution is -2.59. The number of benzene rings is 1. The molecule has 4 saturated heterocycles. The summed E-state index contributed by atoms with van der Waals surface area (Å²) < 4.78 is 38.4. The number of hydrogen-bond acceptors (Lipinski definition) is 22. The highest BCUT2D eigenvalue weighted by atomic mass is 16.7. The molecule has 1 aromatic rings. The summed E-state index contributed by atoms with van der Waals surface area (Å²) in [5.74, 6) is -1.93. The number of aliphatic hydroxyl groups is 11. The molecule has 0 aromatic heterocycles. The van der Waals surface area contributed by atoms with E-state index < -0.39 is 123 Å². The zero-order valence-corrected chi connectivity index (χ0v) is 38.6. The minimum Gasteiger partial charge on any atom is -0.461 e. The number of ether oxygens (including phenoxy) is 7. The third-order valence-corrected chi connectivity index (χ3v) is 13.2. The van der Waals surface area contributed by atoms with E-state index in [2.05, 4.69) is 0 Å². The lowest BCUT2D eigenvalue weighted by molar-refractivity contribution is -0.303. The number of rotatable bonds is 23. The molecular formula is C45H70N2O22. The van der Waals surface area contributed by atoms with Gasteiger partial charge in [-0.2, -0.15) is 0 Å². The number of likely N-dealkylation sites (tertiary alicyclic amines) is 1. The number of amides is 2. The fourth-order valence-corrected chi connectivity index (χ4v) is 8.71. The molecule has 0 radical (unpaired) electrons. The average molecular weight is 991 g/mol. The van der Waals surface area contributed by atoms with Crippen molar-refractivity contribution in [1.82, 2.24) is 9.80 Å². The van der Waals surface area contributed by atoms with Gasteiger partial charge < -0.3 is 99.1 Å². The number of unbranched alkanes of at least 4 members (excludes halogenated alkanes) is 1. The molecule has 69 heavy (non-hydrogen) atoms. The molecule has 0 bridgehead atoms. The van der Waals surface area contributed by atoms with Crippen LogP contribution in [-0.2, 0) is 58.9 Å². The van der Waals surface area contributed by atoms with Crippen LogP contribution in [0.1, 0.15) is 70.3 Å². The van der Waals surface area contributed by atoms with E-state index in [9.17, 15) is 75.3 Å². The van der Waals surface area contributed by atoms with Crippen molar-refractivity contribution < 1.29 is 109 Å². The highest BCUT2D eigenvalue weighted by molar-refractivity contribution is 5.77. The Balaban J connectivity index is 1.23. The van der Waals surface area contributed by atoms with Gasteiger partial charge in [0.2, 0.25) is 18.1 Å². The second kappa shape index (κ2) is 26.8. The lowest BCUT2D eigenvalue weighted by Gasteiger charge is -2.43. The molecule has 4 fully saturated rings. The van der Waals surface area contributed by atoms with E-state index in [0.29, 0.717) is 12.8 Å². The molecule has 0 unspecified atom stereocenters. The van der Waals surface area contributed by atoms with Crippen LogP contribution >= 0.6 is 0 Å². The molecular weight excluding hydrogens is 920 g/mol. The Morgan fingerprint density at radius 1 is 0.652 bits per heavy atom. The van der Waals surface area contributed by atoms with E-state index in [1.807, 2.05) is 30.3 Å². The first-order valence-corrected chi connectivity index (χ1v) is 23.4. The minimum atomic E-state index is -1.77. The third-order valence-electron chi connectivity index (χ3n) is 13.2. The number of carbonyl (C=O) groups excluding carboxylic acids is 4. The summed E-state index contributed by atoms with van der Waals surface area (Å²) in [6, 6.07) is 9.22. The van der Waals surface area contributed by atoms with Gasteiger partial charge in [0.05, 0.1) is 39.0 Å². The van der Waals surface area contributed by atoms with E-state index in [4.69, 9.17) is 33.2 Å². The second-order valence-electron chi connectivity index (χ2n) is 18.1. The van der Waals surface area contributed by atoms with Crippen LogP contribution in [0.3, 0.4) is 0 Å². The first-order valence-electron chi connectivity index (χ1n) is 23.4. The first kappa shape index (κ1) is 56.4. The summed E-state index contributed by atoms with van der Waals surface area (Å²) in [4.78, 5) is 56.3. The molecule has 24 nitrogen and oxygen atoms in total. The fraction of sp³-hybridized carbons (Fsp3) is 0.778. The van der Waals surface area contributed by atoms with Gasteiger partial charge in [-0.05, 0) is 50.0 Å². The Kier molecular flexibility index (Phi) is 21.9. The van der Waals surface area contributed by atoms with Crippen LogP contribution < -0.4 is 0 Å². The second-order valence-corrected chi connectivity index (χ2v) is 18.1. The average Bonchev–Trinajstić information content (AvgIpc) is 3.34. The summed E-state index contributed by atoms with van der Waals surface area (Å²) in [5.41, 5.74) is -0.120. The van der Waals surface area contributed by atoms with Gasteiger partial charge in [-0.25, -0.2) is 0 Å². The summed E-state index contributed by atoms with van der Waals surface area (Å²) in [6.45, 7) is -0.565. The Morgan fingerprint density at radius 3 is 1.72 bits per heavy atom. The Bertz CT molecular complexity index is 1710. The van der Waals surface area contributed by atoms with Crippen molar-refractivity contribution >= 4 is 23.8 Å². The van der Waals surface area contributed by atoms with Crippen LogP contribution in [0, 0.1) is 5.41 Å². The van der Waals surface area contributed by atoms with E-state index in [-0.39, 0.29) is 103 Å². The largest absolute Gasteiger partial charge is 0.461 e. The predicted octanol–water partition coefficient (Wildman–Crippen LogP) is -4.10. The Hall–Kier alpha value is -3.54. The van der Waals surface area contributed by atoms with Gasteiger partial charge >= 0.3 is 11.9 Å². The van der Waals surface area contributed by atoms with Crippen LogP contribution in [0.15, 0.2) is 30.3 Å². The van der Waals surface area contributed by atoms with Crippen molar-refractivity contribution in [2.45, 2.75) is 163 Å². The van der Waals surface area contributed by atoms with Crippen molar-refractivity contribution in [3.8, 4) is 0 Å².